The standard InChI is InChI=1S/C24H23N3O3S2/c1-27(18-7-3-4-8-18)32(29,30)19-13-10-17(11-14-19)23(28)26-24-25-22-20-9-5-2-6-16(20)12-15-21(22)31-24/h2,5-6,9-15,18H,3-4,7-8H2,1H3,(H,25,26,28). The van der Waals surface area contributed by atoms with Crippen LogP contribution in [0.2, 0.25) is 0 Å². The van der Waals surface area contributed by atoms with Gasteiger partial charge >= 0.3 is 0 Å². The second kappa shape index (κ2) is 8.27. The Kier molecular flexibility index (Phi) is 5.44. The fraction of sp³-hybridized carbons (Fsp3) is 0.250. The molecule has 1 aromatic heterocycles. The lowest BCUT2D eigenvalue weighted by Gasteiger charge is -2.23. The molecule has 1 amide bonds. The van der Waals surface area contributed by atoms with Crippen LogP contribution in [-0.4, -0.2) is 36.7 Å². The van der Waals surface area contributed by atoms with Crippen LogP contribution in [0.25, 0.3) is 21.0 Å². The topological polar surface area (TPSA) is 79.4 Å². The summed E-state index contributed by atoms with van der Waals surface area (Å²) >= 11 is 1.41. The van der Waals surface area contributed by atoms with Crippen LogP contribution in [0.1, 0.15) is 36.0 Å². The zero-order valence-corrected chi connectivity index (χ0v) is 19.2. The summed E-state index contributed by atoms with van der Waals surface area (Å²) in [7, 11) is -1.93. The van der Waals surface area contributed by atoms with E-state index < -0.39 is 10.0 Å². The summed E-state index contributed by atoms with van der Waals surface area (Å²) in [5.74, 6) is -0.318. The summed E-state index contributed by atoms with van der Waals surface area (Å²) in [6, 6.07) is 18.2. The van der Waals surface area contributed by atoms with Crippen molar-refractivity contribution in [3.05, 3.63) is 66.2 Å². The molecule has 0 unspecified atom stereocenters. The number of rotatable bonds is 5. The summed E-state index contributed by atoms with van der Waals surface area (Å²) in [5, 5.41) is 5.50. The summed E-state index contributed by atoms with van der Waals surface area (Å²) in [4.78, 5) is 17.6. The highest BCUT2D eigenvalue weighted by molar-refractivity contribution is 7.89. The Labute approximate surface area is 190 Å². The molecule has 1 N–H and O–H groups in total. The van der Waals surface area contributed by atoms with Gasteiger partial charge in [-0.15, -0.1) is 0 Å². The van der Waals surface area contributed by atoms with Crippen molar-refractivity contribution in [2.24, 2.45) is 0 Å². The van der Waals surface area contributed by atoms with Crippen molar-refractivity contribution < 1.29 is 13.2 Å². The number of sulfonamides is 1. The molecule has 0 atom stereocenters. The summed E-state index contributed by atoms with van der Waals surface area (Å²) in [6.07, 6.45) is 3.91. The molecular formula is C24H23N3O3S2. The summed E-state index contributed by atoms with van der Waals surface area (Å²) < 4.78 is 28.3. The Bertz CT molecular complexity index is 1410. The SMILES string of the molecule is CN(C1CCCC1)S(=O)(=O)c1ccc(C(=O)Nc2nc3c(ccc4ccccc43)s2)cc1. The maximum Gasteiger partial charge on any atom is 0.257 e. The lowest BCUT2D eigenvalue weighted by molar-refractivity contribution is 0.102. The number of amides is 1. The van der Waals surface area contributed by atoms with Crippen molar-refractivity contribution in [3.8, 4) is 0 Å². The van der Waals surface area contributed by atoms with E-state index in [-0.39, 0.29) is 16.8 Å². The van der Waals surface area contributed by atoms with E-state index in [9.17, 15) is 13.2 Å². The largest absolute Gasteiger partial charge is 0.298 e. The fourth-order valence-electron chi connectivity index (χ4n) is 4.29. The quantitative estimate of drug-likeness (QED) is 0.436. The summed E-state index contributed by atoms with van der Waals surface area (Å²) in [5.41, 5.74) is 1.25. The molecule has 3 aromatic carbocycles. The molecule has 0 aliphatic heterocycles. The van der Waals surface area contributed by atoms with Gasteiger partial charge in [-0.2, -0.15) is 4.31 Å². The predicted octanol–water partition coefficient (Wildman–Crippen LogP) is 5.26. The number of hydrogen-bond acceptors (Lipinski definition) is 5. The first kappa shape index (κ1) is 21.1. The van der Waals surface area contributed by atoms with Crippen LogP contribution >= 0.6 is 11.3 Å². The number of hydrogen-bond donors (Lipinski definition) is 1. The van der Waals surface area contributed by atoms with Crippen LogP contribution in [0.3, 0.4) is 0 Å². The third-order valence-corrected chi connectivity index (χ3v) is 9.00. The van der Waals surface area contributed by atoms with Crippen LogP contribution < -0.4 is 5.32 Å². The second-order valence-electron chi connectivity index (χ2n) is 8.09. The first-order valence-corrected chi connectivity index (χ1v) is 12.9. The summed E-state index contributed by atoms with van der Waals surface area (Å²) in [6.45, 7) is 0. The Hall–Kier alpha value is -2.81. The van der Waals surface area contributed by atoms with Crippen LogP contribution in [0, 0.1) is 0 Å². The van der Waals surface area contributed by atoms with Gasteiger partial charge in [0.2, 0.25) is 10.0 Å². The normalized spacial score (nSPS) is 15.1. The minimum absolute atomic E-state index is 0.0538. The van der Waals surface area contributed by atoms with Crippen molar-refractivity contribution >= 4 is 53.4 Å². The fourth-order valence-corrected chi connectivity index (χ4v) is 6.59. The lowest BCUT2D eigenvalue weighted by atomic mass is 10.1. The van der Waals surface area contributed by atoms with Gasteiger partial charge in [0.1, 0.15) is 0 Å². The van der Waals surface area contributed by atoms with Crippen molar-refractivity contribution in [2.45, 2.75) is 36.6 Å². The van der Waals surface area contributed by atoms with Crippen LogP contribution in [-0.2, 0) is 10.0 Å². The number of carbonyl (C=O) groups excluding carboxylic acids is 1. The Morgan fingerprint density at radius 3 is 2.50 bits per heavy atom. The molecule has 32 heavy (non-hydrogen) atoms. The average molecular weight is 466 g/mol. The molecule has 0 radical (unpaired) electrons. The first-order chi connectivity index (χ1) is 15.4. The van der Waals surface area contributed by atoms with E-state index in [4.69, 9.17) is 0 Å². The molecular weight excluding hydrogens is 442 g/mol. The number of anilines is 1. The molecule has 164 valence electrons. The molecule has 0 spiro atoms. The van der Waals surface area contributed by atoms with Gasteiger partial charge in [-0.25, -0.2) is 13.4 Å². The maximum absolute atomic E-state index is 12.9. The zero-order valence-electron chi connectivity index (χ0n) is 17.6. The van der Waals surface area contributed by atoms with Crippen molar-refractivity contribution in [1.82, 2.24) is 9.29 Å². The number of nitrogens with one attached hydrogen (secondary N) is 1. The van der Waals surface area contributed by atoms with E-state index in [1.54, 1.807) is 19.2 Å². The Morgan fingerprint density at radius 1 is 1.03 bits per heavy atom. The van der Waals surface area contributed by atoms with Gasteiger partial charge in [0.05, 0.1) is 15.1 Å². The van der Waals surface area contributed by atoms with E-state index >= 15 is 0 Å². The average Bonchev–Trinajstić information content (AvgIpc) is 3.48. The Balaban J connectivity index is 1.35. The molecule has 5 rings (SSSR count). The highest BCUT2D eigenvalue weighted by Crippen LogP contribution is 2.32. The first-order valence-electron chi connectivity index (χ1n) is 10.6. The molecule has 1 aliphatic carbocycles. The van der Waals surface area contributed by atoms with Gasteiger partial charge in [-0.1, -0.05) is 54.5 Å². The van der Waals surface area contributed by atoms with Gasteiger partial charge < -0.3 is 0 Å². The number of fused-ring (bicyclic) bond motifs is 3. The van der Waals surface area contributed by atoms with E-state index in [0.29, 0.717) is 10.7 Å². The smallest absolute Gasteiger partial charge is 0.257 e. The number of aromatic nitrogens is 1. The molecule has 1 heterocycles. The van der Waals surface area contributed by atoms with Crippen LogP contribution in [0.5, 0.6) is 0 Å². The van der Waals surface area contributed by atoms with E-state index in [0.717, 1.165) is 46.7 Å². The Morgan fingerprint density at radius 2 is 1.75 bits per heavy atom. The number of nitrogens with zero attached hydrogens (tertiary/aromatic N) is 2. The van der Waals surface area contributed by atoms with E-state index in [1.165, 1.54) is 27.8 Å². The third kappa shape index (κ3) is 3.79. The maximum atomic E-state index is 12.9. The number of benzene rings is 3. The molecule has 1 fully saturated rings. The van der Waals surface area contributed by atoms with E-state index in [2.05, 4.69) is 10.3 Å². The zero-order chi connectivity index (χ0) is 22.3. The van der Waals surface area contributed by atoms with Gasteiger partial charge in [0, 0.05) is 24.0 Å². The molecule has 0 saturated heterocycles. The minimum Gasteiger partial charge on any atom is -0.298 e. The second-order valence-corrected chi connectivity index (χ2v) is 11.1. The molecule has 4 aromatic rings. The minimum atomic E-state index is -3.57. The van der Waals surface area contributed by atoms with E-state index in [1.807, 2.05) is 36.4 Å². The number of carbonyl (C=O) groups is 1. The molecule has 1 saturated carbocycles. The van der Waals surface area contributed by atoms with Crippen molar-refractivity contribution in [2.75, 3.05) is 12.4 Å². The van der Waals surface area contributed by atoms with Gasteiger partial charge in [-0.05, 0) is 48.6 Å². The van der Waals surface area contributed by atoms with Crippen molar-refractivity contribution in [1.29, 1.82) is 0 Å². The number of thiazole rings is 1. The van der Waals surface area contributed by atoms with Gasteiger partial charge in [0.25, 0.3) is 5.91 Å². The molecule has 1 aliphatic rings. The predicted molar refractivity (Wildman–Crippen MR) is 129 cm³/mol. The third-order valence-electron chi connectivity index (χ3n) is 6.14. The molecule has 6 nitrogen and oxygen atoms in total. The van der Waals surface area contributed by atoms with Gasteiger partial charge in [0.15, 0.2) is 5.13 Å². The molecule has 8 heteroatoms. The van der Waals surface area contributed by atoms with Crippen LogP contribution in [0.15, 0.2) is 65.6 Å². The molecule has 0 bridgehead atoms. The lowest BCUT2D eigenvalue weighted by Crippen LogP contribution is -2.35. The monoisotopic (exact) mass is 465 g/mol. The highest BCUT2D eigenvalue weighted by Gasteiger charge is 2.30. The van der Waals surface area contributed by atoms with Crippen LogP contribution in [0.4, 0.5) is 5.13 Å². The van der Waals surface area contributed by atoms with Crippen molar-refractivity contribution in [3.63, 3.8) is 0 Å². The van der Waals surface area contributed by atoms with Gasteiger partial charge in [-0.3, -0.25) is 10.1 Å². The highest BCUT2D eigenvalue weighted by atomic mass is 32.2.